The van der Waals surface area contributed by atoms with Gasteiger partial charge in [-0.2, -0.15) is 0 Å². The van der Waals surface area contributed by atoms with E-state index in [1.165, 1.54) is 81.8 Å². The van der Waals surface area contributed by atoms with Crippen LogP contribution >= 0.6 is 0 Å². The number of rotatable bonds is 3. The van der Waals surface area contributed by atoms with Crippen LogP contribution in [0.3, 0.4) is 0 Å². The first kappa shape index (κ1) is 20.8. The zero-order valence-corrected chi connectivity index (χ0v) is 19.0. The van der Waals surface area contributed by atoms with Gasteiger partial charge in [-0.05, 0) is 155 Å². The van der Waals surface area contributed by atoms with Gasteiger partial charge in [0.2, 0.25) is 0 Å². The lowest BCUT2D eigenvalue weighted by Crippen LogP contribution is -2.37. The van der Waals surface area contributed by atoms with Gasteiger partial charge >= 0.3 is 0 Å². The molecular weight excluding hydrogens is 367 g/mol. The predicted octanol–water partition coefficient (Wildman–Crippen LogP) is 8.15. The molecule has 1 heteroatoms. The van der Waals surface area contributed by atoms with Gasteiger partial charge in [-0.1, -0.05) is 18.2 Å². The lowest BCUT2D eigenvalue weighted by molar-refractivity contribution is 0.0460. The van der Waals surface area contributed by atoms with E-state index in [2.05, 4.69) is 25.1 Å². The van der Waals surface area contributed by atoms with E-state index in [-0.39, 0.29) is 5.82 Å². The summed E-state index contributed by atoms with van der Waals surface area (Å²) in [6.45, 7) is 2.18. The lowest BCUT2D eigenvalue weighted by atomic mass is 9.59. The molecular formula is C29H41F. The topological polar surface area (TPSA) is 0 Å². The highest BCUT2D eigenvalue weighted by Gasteiger charge is 2.40. The van der Waals surface area contributed by atoms with Crippen molar-refractivity contribution < 1.29 is 4.39 Å². The molecule has 5 rings (SSSR count). The van der Waals surface area contributed by atoms with E-state index >= 15 is 0 Å². The molecule has 0 nitrogen and oxygen atoms in total. The van der Waals surface area contributed by atoms with E-state index in [9.17, 15) is 4.39 Å². The molecule has 0 saturated heterocycles. The summed E-state index contributed by atoms with van der Waals surface area (Å²) in [6.07, 6.45) is 23.2. The Morgan fingerprint density at radius 1 is 0.700 bits per heavy atom. The highest BCUT2D eigenvalue weighted by molar-refractivity contribution is 5.30. The number of halogens is 1. The molecule has 1 aromatic rings. The highest BCUT2D eigenvalue weighted by Crippen LogP contribution is 2.51. The van der Waals surface area contributed by atoms with Gasteiger partial charge in [0.1, 0.15) is 5.82 Å². The van der Waals surface area contributed by atoms with Gasteiger partial charge in [0.05, 0.1) is 0 Å². The predicted molar refractivity (Wildman–Crippen MR) is 124 cm³/mol. The summed E-state index contributed by atoms with van der Waals surface area (Å²) in [7, 11) is 0. The molecule has 0 aliphatic heterocycles. The SMILES string of the molecule is C/C=C/C1CCC(C2CCC3CC(C4CCc5cc(F)ccc5C4)CCC3C2)CC1. The van der Waals surface area contributed by atoms with Crippen LogP contribution in [0.15, 0.2) is 30.4 Å². The molecule has 0 aromatic heterocycles. The average Bonchev–Trinajstić information content (AvgIpc) is 2.79. The van der Waals surface area contributed by atoms with Gasteiger partial charge in [0.15, 0.2) is 0 Å². The van der Waals surface area contributed by atoms with Gasteiger partial charge in [0.25, 0.3) is 0 Å². The standard InChI is InChI=1S/C29H41F/c1-2-3-20-4-6-21(7-5-20)22-8-9-24-17-25(11-10-23(24)16-22)26-12-13-28-19-29(30)15-14-27(28)18-26/h2-3,14-15,19-26H,4-13,16-18H2,1H3/b3-2+. The third kappa shape index (κ3) is 4.42. The molecule has 3 fully saturated rings. The minimum atomic E-state index is -0.0558. The Bertz CT molecular complexity index is 741. The molecule has 0 heterocycles. The summed E-state index contributed by atoms with van der Waals surface area (Å²) in [5.41, 5.74) is 2.72. The number of hydrogen-bond acceptors (Lipinski definition) is 0. The lowest BCUT2D eigenvalue weighted by Gasteiger charge is -2.47. The maximum atomic E-state index is 13.5. The van der Waals surface area contributed by atoms with Crippen LogP contribution in [0.1, 0.15) is 88.7 Å². The van der Waals surface area contributed by atoms with Crippen LogP contribution in [0.25, 0.3) is 0 Å². The molecule has 164 valence electrons. The van der Waals surface area contributed by atoms with E-state index in [0.29, 0.717) is 0 Å². The summed E-state index contributed by atoms with van der Waals surface area (Å²) in [6, 6.07) is 5.53. The van der Waals surface area contributed by atoms with Crippen molar-refractivity contribution in [1.82, 2.24) is 0 Å². The first-order valence-electron chi connectivity index (χ1n) is 13.1. The van der Waals surface area contributed by atoms with E-state index < -0.39 is 0 Å². The first-order valence-corrected chi connectivity index (χ1v) is 13.1. The Balaban J connectivity index is 1.14. The van der Waals surface area contributed by atoms with Crippen LogP contribution in [0.2, 0.25) is 0 Å². The molecule has 30 heavy (non-hydrogen) atoms. The molecule has 4 aliphatic rings. The van der Waals surface area contributed by atoms with Gasteiger partial charge in [0, 0.05) is 0 Å². The molecule has 0 spiro atoms. The Hall–Kier alpha value is -1.11. The van der Waals surface area contributed by atoms with Crippen molar-refractivity contribution >= 4 is 0 Å². The van der Waals surface area contributed by atoms with Crippen molar-refractivity contribution in [2.75, 3.05) is 0 Å². The highest BCUT2D eigenvalue weighted by atomic mass is 19.1. The Morgan fingerprint density at radius 2 is 1.30 bits per heavy atom. The van der Waals surface area contributed by atoms with Crippen molar-refractivity contribution in [2.45, 2.75) is 90.4 Å². The summed E-state index contributed by atoms with van der Waals surface area (Å²) in [4.78, 5) is 0. The molecule has 4 aliphatic carbocycles. The smallest absolute Gasteiger partial charge is 0.123 e. The van der Waals surface area contributed by atoms with Crippen molar-refractivity contribution in [1.29, 1.82) is 0 Å². The van der Waals surface area contributed by atoms with Gasteiger partial charge in [-0.15, -0.1) is 0 Å². The van der Waals surface area contributed by atoms with Crippen molar-refractivity contribution in [3.63, 3.8) is 0 Å². The van der Waals surface area contributed by atoms with Crippen molar-refractivity contribution in [2.24, 2.45) is 41.4 Å². The van der Waals surface area contributed by atoms with Gasteiger partial charge < -0.3 is 0 Å². The summed E-state index contributed by atoms with van der Waals surface area (Å²) in [5, 5.41) is 0. The zero-order chi connectivity index (χ0) is 20.5. The molecule has 0 amide bonds. The normalized spacial score (nSPS) is 39.5. The Kier molecular flexibility index (Phi) is 6.35. The maximum absolute atomic E-state index is 13.5. The van der Waals surface area contributed by atoms with Crippen molar-refractivity contribution in [3.05, 3.63) is 47.3 Å². The van der Waals surface area contributed by atoms with Crippen LogP contribution in [0, 0.1) is 47.2 Å². The minimum Gasteiger partial charge on any atom is -0.207 e. The van der Waals surface area contributed by atoms with E-state index in [0.717, 1.165) is 47.8 Å². The number of hydrogen-bond donors (Lipinski definition) is 0. The maximum Gasteiger partial charge on any atom is 0.123 e. The summed E-state index contributed by atoms with van der Waals surface area (Å²) in [5.74, 6) is 6.69. The van der Waals surface area contributed by atoms with Crippen LogP contribution < -0.4 is 0 Å². The third-order valence-corrected chi connectivity index (χ3v) is 9.74. The number of benzene rings is 1. The van der Waals surface area contributed by atoms with E-state index in [1.54, 1.807) is 18.6 Å². The quantitative estimate of drug-likeness (QED) is 0.443. The third-order valence-electron chi connectivity index (χ3n) is 9.74. The molecule has 1 aromatic carbocycles. The van der Waals surface area contributed by atoms with Gasteiger partial charge in [-0.25, -0.2) is 4.39 Å². The second-order valence-corrected chi connectivity index (χ2v) is 11.3. The molecule has 3 saturated carbocycles. The molecule has 0 N–H and O–H groups in total. The van der Waals surface area contributed by atoms with Gasteiger partial charge in [-0.3, -0.25) is 0 Å². The zero-order valence-electron chi connectivity index (χ0n) is 19.0. The Labute approximate surface area is 183 Å². The fraction of sp³-hybridized carbons (Fsp3) is 0.724. The van der Waals surface area contributed by atoms with Crippen LogP contribution in [0.4, 0.5) is 4.39 Å². The number of fused-ring (bicyclic) bond motifs is 2. The Morgan fingerprint density at radius 3 is 1.97 bits per heavy atom. The molecule has 0 bridgehead atoms. The fourth-order valence-electron chi connectivity index (χ4n) is 8.05. The molecule has 5 atom stereocenters. The molecule has 5 unspecified atom stereocenters. The minimum absolute atomic E-state index is 0.0558. The fourth-order valence-corrected chi connectivity index (χ4v) is 8.05. The largest absolute Gasteiger partial charge is 0.207 e. The van der Waals surface area contributed by atoms with Crippen molar-refractivity contribution in [3.8, 4) is 0 Å². The second-order valence-electron chi connectivity index (χ2n) is 11.3. The first-order chi connectivity index (χ1) is 14.7. The number of allylic oxidation sites excluding steroid dienone is 2. The van der Waals surface area contributed by atoms with Crippen LogP contribution in [-0.4, -0.2) is 0 Å². The molecule has 0 radical (unpaired) electrons. The van der Waals surface area contributed by atoms with Crippen LogP contribution in [0.5, 0.6) is 0 Å². The summed E-state index contributed by atoms with van der Waals surface area (Å²) < 4.78 is 13.5. The monoisotopic (exact) mass is 408 g/mol. The van der Waals surface area contributed by atoms with E-state index in [1.807, 2.05) is 0 Å². The van der Waals surface area contributed by atoms with E-state index in [4.69, 9.17) is 0 Å². The second kappa shape index (κ2) is 9.17. The average molecular weight is 409 g/mol. The summed E-state index contributed by atoms with van der Waals surface area (Å²) >= 11 is 0. The van der Waals surface area contributed by atoms with Crippen LogP contribution in [-0.2, 0) is 12.8 Å². The number of aryl methyl sites for hydroxylation is 1.